The van der Waals surface area contributed by atoms with Crippen molar-refractivity contribution in [2.45, 2.75) is 64.6 Å². The fourth-order valence-corrected chi connectivity index (χ4v) is 8.23. The highest BCUT2D eigenvalue weighted by molar-refractivity contribution is 6.05. The Bertz CT molecular complexity index is 2440. The largest absolute Gasteiger partial charge is 0.489 e. The number of ether oxygens (including phenoxy) is 1. The number of carbonyl (C=O) groups excluding carboxylic acids is 3. The molecule has 9 rings (SSSR count). The van der Waals surface area contributed by atoms with E-state index in [0.717, 1.165) is 77.9 Å². The van der Waals surface area contributed by atoms with Gasteiger partial charge in [0.15, 0.2) is 5.82 Å². The molecule has 60 heavy (non-hydrogen) atoms. The molecule has 0 saturated carbocycles. The van der Waals surface area contributed by atoms with E-state index in [1.165, 1.54) is 6.33 Å². The Balaban J connectivity index is 0.782. The van der Waals surface area contributed by atoms with Crippen LogP contribution < -0.4 is 35.4 Å². The number of rotatable bonds is 9. The number of piperazine rings is 1. The van der Waals surface area contributed by atoms with E-state index in [0.29, 0.717) is 43.1 Å². The summed E-state index contributed by atoms with van der Waals surface area (Å²) in [5, 5.41) is 12.6. The summed E-state index contributed by atoms with van der Waals surface area (Å²) in [6.07, 6.45) is 3.71. The number of aromatic nitrogens is 5. The first-order chi connectivity index (χ1) is 28.9. The third-order valence-corrected chi connectivity index (χ3v) is 11.7. The van der Waals surface area contributed by atoms with Crippen LogP contribution in [0.3, 0.4) is 0 Å². The number of fused-ring (bicyclic) bond motifs is 3. The second kappa shape index (κ2) is 15.5. The van der Waals surface area contributed by atoms with E-state index in [-0.39, 0.29) is 35.3 Å². The van der Waals surface area contributed by atoms with Crippen molar-refractivity contribution in [3.8, 4) is 17.0 Å². The van der Waals surface area contributed by atoms with Gasteiger partial charge in [-0.25, -0.2) is 19.7 Å². The minimum atomic E-state index is -0.421. The first kappa shape index (κ1) is 38.9. The maximum atomic E-state index is 12.9. The highest BCUT2D eigenvalue weighted by atomic mass is 16.5. The SMILES string of the molecule is Cc1cc(-c2cc(Nc3cc4c(cn3)N3CCN(C5CN(c6ccc(N7CCC(=O)NC7=O)cc6)C5)CC3CO4)ncn2)ccc1[C@@H](C)NC(=O)c1nc(C(C)(C)C)no1. The van der Waals surface area contributed by atoms with Gasteiger partial charge in [-0.05, 0) is 55.3 Å². The number of hydrogen-bond acceptors (Lipinski definition) is 14. The van der Waals surface area contributed by atoms with Crippen LogP contribution >= 0.6 is 0 Å². The van der Waals surface area contributed by atoms with Crippen molar-refractivity contribution in [2.24, 2.45) is 0 Å². The fraction of sp³-hybridized carbons (Fsp3) is 0.395. The Morgan fingerprint density at radius 3 is 2.45 bits per heavy atom. The van der Waals surface area contributed by atoms with Gasteiger partial charge in [-0.15, -0.1) is 0 Å². The van der Waals surface area contributed by atoms with Crippen molar-refractivity contribution >= 4 is 46.5 Å². The second-order valence-electron chi connectivity index (χ2n) is 16.9. The molecular formula is C43H48N12O5. The Kier molecular flexibility index (Phi) is 10.1. The molecule has 310 valence electrons. The summed E-state index contributed by atoms with van der Waals surface area (Å²) in [5.74, 6) is 1.78. The van der Waals surface area contributed by atoms with Gasteiger partial charge in [0.25, 0.3) is 0 Å². The lowest BCUT2D eigenvalue weighted by atomic mass is 9.96. The number of carbonyl (C=O) groups is 3. The molecule has 1 unspecified atom stereocenters. The molecular weight excluding hydrogens is 765 g/mol. The summed E-state index contributed by atoms with van der Waals surface area (Å²) in [6.45, 7) is 15.4. The first-order valence-corrected chi connectivity index (χ1v) is 20.3. The number of anilines is 5. The van der Waals surface area contributed by atoms with E-state index in [1.54, 1.807) is 4.90 Å². The number of urea groups is 1. The van der Waals surface area contributed by atoms with Gasteiger partial charge in [-0.2, -0.15) is 4.98 Å². The zero-order chi connectivity index (χ0) is 41.7. The maximum absolute atomic E-state index is 12.9. The highest BCUT2D eigenvalue weighted by Gasteiger charge is 2.39. The zero-order valence-electron chi connectivity index (χ0n) is 34.3. The number of aryl methyl sites for hydroxylation is 1. The lowest BCUT2D eigenvalue weighted by Gasteiger charge is -2.52. The molecule has 0 aliphatic carbocycles. The molecule has 7 heterocycles. The summed E-state index contributed by atoms with van der Waals surface area (Å²) in [5.41, 5.74) is 6.18. The van der Waals surface area contributed by atoms with Gasteiger partial charge in [0.2, 0.25) is 5.91 Å². The summed E-state index contributed by atoms with van der Waals surface area (Å²) in [7, 11) is 0. The van der Waals surface area contributed by atoms with Crippen LogP contribution in [0.4, 0.5) is 33.5 Å². The standard InChI is InChI=1S/C43H48N12O5/c1-25-16-27(6-11-32(25)26(2)47-39(57)40-50-41(51-60-40)43(3,4)5)33-17-36(46-24-45-33)48-37-18-35-34(19-44-37)54-15-14-52(22-31(54)23-59-35)30-20-53(21-30)28-7-9-29(10-8-28)55-13-12-38(56)49-42(55)58/h6-11,16-19,24,26,30-31H,12-15,20-23H2,1-5H3,(H,47,57)(H,49,56,58)(H,44,45,46,48)/t26-,31?/m1/s1. The second-order valence-corrected chi connectivity index (χ2v) is 16.9. The van der Waals surface area contributed by atoms with Crippen molar-refractivity contribution in [3.63, 3.8) is 0 Å². The van der Waals surface area contributed by atoms with Gasteiger partial charge in [-0.3, -0.25) is 24.7 Å². The number of nitrogens with zero attached hydrogens (tertiary/aromatic N) is 9. The molecule has 17 nitrogen and oxygen atoms in total. The number of pyridine rings is 1. The molecule has 0 radical (unpaired) electrons. The van der Waals surface area contributed by atoms with Crippen LogP contribution in [-0.4, -0.2) is 106 Å². The summed E-state index contributed by atoms with van der Waals surface area (Å²) in [6, 6.07) is 17.8. The molecule has 3 N–H and O–H groups in total. The van der Waals surface area contributed by atoms with E-state index in [4.69, 9.17) is 14.2 Å². The van der Waals surface area contributed by atoms with Crippen molar-refractivity contribution in [2.75, 3.05) is 65.9 Å². The van der Waals surface area contributed by atoms with E-state index in [1.807, 2.05) is 95.4 Å². The van der Waals surface area contributed by atoms with Crippen molar-refractivity contribution in [1.82, 2.24) is 40.6 Å². The molecule has 4 aliphatic rings. The average Bonchev–Trinajstić information content (AvgIpc) is 3.73. The van der Waals surface area contributed by atoms with Crippen LogP contribution in [0.2, 0.25) is 0 Å². The molecule has 0 bridgehead atoms. The molecule has 3 aromatic heterocycles. The predicted octanol–water partition coefficient (Wildman–Crippen LogP) is 4.98. The Labute approximate surface area is 347 Å². The third-order valence-electron chi connectivity index (χ3n) is 11.7. The monoisotopic (exact) mass is 812 g/mol. The third kappa shape index (κ3) is 7.79. The smallest absolute Gasteiger partial charge is 0.328 e. The van der Waals surface area contributed by atoms with Crippen molar-refractivity contribution in [1.29, 1.82) is 0 Å². The van der Waals surface area contributed by atoms with Crippen LogP contribution in [0, 0.1) is 6.92 Å². The zero-order valence-corrected chi connectivity index (χ0v) is 34.3. The molecule has 0 spiro atoms. The van der Waals surface area contributed by atoms with Crippen LogP contribution in [-0.2, 0) is 10.2 Å². The normalized spacial score (nSPS) is 18.8. The molecule has 17 heteroatoms. The van der Waals surface area contributed by atoms with Gasteiger partial charge in [-0.1, -0.05) is 38.1 Å². The Morgan fingerprint density at radius 2 is 1.70 bits per heavy atom. The lowest BCUT2D eigenvalue weighted by molar-refractivity contribution is -0.120. The minimum absolute atomic E-state index is 0.0584. The van der Waals surface area contributed by atoms with Crippen LogP contribution in [0.25, 0.3) is 11.3 Å². The maximum Gasteiger partial charge on any atom is 0.328 e. The lowest BCUT2D eigenvalue weighted by Crippen LogP contribution is -2.66. The molecule has 4 aliphatic heterocycles. The van der Waals surface area contributed by atoms with Crippen LogP contribution in [0.1, 0.15) is 67.8 Å². The molecule has 5 aromatic rings. The number of hydrogen-bond donors (Lipinski definition) is 3. The number of benzene rings is 2. The summed E-state index contributed by atoms with van der Waals surface area (Å²) >= 11 is 0. The van der Waals surface area contributed by atoms with Crippen LogP contribution in [0.5, 0.6) is 5.75 Å². The Morgan fingerprint density at radius 1 is 0.917 bits per heavy atom. The highest BCUT2D eigenvalue weighted by Crippen LogP contribution is 2.38. The number of imide groups is 1. The van der Waals surface area contributed by atoms with Gasteiger partial charge in [0, 0.05) is 86.2 Å². The van der Waals surface area contributed by atoms with E-state index >= 15 is 0 Å². The van der Waals surface area contributed by atoms with Gasteiger partial charge in [0.1, 0.15) is 30.3 Å². The first-order valence-electron chi connectivity index (χ1n) is 20.3. The molecule has 3 fully saturated rings. The predicted molar refractivity (Wildman–Crippen MR) is 225 cm³/mol. The molecule has 4 amide bonds. The molecule has 2 aromatic carbocycles. The van der Waals surface area contributed by atoms with Crippen molar-refractivity contribution in [3.05, 3.63) is 90.0 Å². The quantitative estimate of drug-likeness (QED) is 0.181. The number of nitrogens with one attached hydrogen (secondary N) is 3. The van der Waals surface area contributed by atoms with Gasteiger partial charge < -0.3 is 29.7 Å². The van der Waals surface area contributed by atoms with E-state index in [9.17, 15) is 14.4 Å². The van der Waals surface area contributed by atoms with Crippen molar-refractivity contribution < 1.29 is 23.6 Å². The Hall–Kier alpha value is -6.62. The van der Waals surface area contributed by atoms with Gasteiger partial charge >= 0.3 is 17.8 Å². The minimum Gasteiger partial charge on any atom is -0.489 e. The van der Waals surface area contributed by atoms with Gasteiger partial charge in [0.05, 0.1) is 29.7 Å². The molecule has 3 saturated heterocycles. The van der Waals surface area contributed by atoms with E-state index < -0.39 is 5.91 Å². The number of amides is 4. The fourth-order valence-electron chi connectivity index (χ4n) is 8.23. The summed E-state index contributed by atoms with van der Waals surface area (Å²) < 4.78 is 11.6. The molecule has 2 atom stereocenters. The van der Waals surface area contributed by atoms with E-state index in [2.05, 4.69) is 50.8 Å². The average molecular weight is 813 g/mol. The summed E-state index contributed by atoms with van der Waals surface area (Å²) in [4.78, 5) is 63.6. The van der Waals surface area contributed by atoms with Crippen LogP contribution in [0.15, 0.2) is 71.6 Å². The topological polar surface area (TPSA) is 187 Å².